The van der Waals surface area contributed by atoms with Gasteiger partial charge < -0.3 is 19.3 Å². The molecule has 0 spiro atoms. The summed E-state index contributed by atoms with van der Waals surface area (Å²) in [5.74, 6) is 0.494. The molecule has 0 unspecified atom stereocenters. The number of methoxy groups -OCH3 is 1. The first-order chi connectivity index (χ1) is 11.2. The number of carbonyl (C=O) groups is 1. The second kappa shape index (κ2) is 6.82. The van der Waals surface area contributed by atoms with Crippen molar-refractivity contribution in [3.8, 4) is 5.75 Å². The fraction of sp³-hybridized carbons (Fsp3) is 0.533. The van der Waals surface area contributed by atoms with Crippen molar-refractivity contribution in [3.63, 3.8) is 0 Å². The fourth-order valence-electron chi connectivity index (χ4n) is 2.80. The molecule has 124 valence electrons. The zero-order chi connectivity index (χ0) is 16.2. The van der Waals surface area contributed by atoms with E-state index in [0.717, 1.165) is 19.3 Å². The van der Waals surface area contributed by atoms with Crippen LogP contribution in [0.3, 0.4) is 0 Å². The molecule has 0 aliphatic heterocycles. The number of hydrogen-bond donors (Lipinski definition) is 1. The second-order valence-corrected chi connectivity index (χ2v) is 5.62. The Morgan fingerprint density at radius 1 is 1.52 bits per heavy atom. The van der Waals surface area contributed by atoms with Crippen LogP contribution in [0.2, 0.25) is 0 Å². The number of ether oxygens (including phenoxy) is 2. The molecule has 2 aromatic heterocycles. The van der Waals surface area contributed by atoms with E-state index in [4.69, 9.17) is 14.0 Å². The van der Waals surface area contributed by atoms with E-state index in [-0.39, 0.29) is 24.7 Å². The highest BCUT2D eigenvalue weighted by Crippen LogP contribution is 2.25. The molecule has 3 rings (SSSR count). The molecule has 1 aliphatic rings. The molecular formula is C15H20N4O4. The Balaban J connectivity index is 1.63. The monoisotopic (exact) mass is 320 g/mol. The second-order valence-electron chi connectivity index (χ2n) is 5.62. The summed E-state index contributed by atoms with van der Waals surface area (Å²) in [7, 11) is 3.38. The van der Waals surface area contributed by atoms with Gasteiger partial charge in [0.2, 0.25) is 0 Å². The van der Waals surface area contributed by atoms with Crippen LogP contribution in [0.4, 0.5) is 0 Å². The van der Waals surface area contributed by atoms with E-state index in [1.54, 1.807) is 18.0 Å². The average molecular weight is 320 g/mol. The normalized spacial score (nSPS) is 20.6. The van der Waals surface area contributed by atoms with Crippen LogP contribution in [-0.4, -0.2) is 40.1 Å². The lowest BCUT2D eigenvalue weighted by Gasteiger charge is -2.21. The lowest BCUT2D eigenvalue weighted by molar-refractivity contribution is 0.0889. The molecule has 0 bridgehead atoms. The van der Waals surface area contributed by atoms with Gasteiger partial charge in [-0.3, -0.25) is 9.48 Å². The van der Waals surface area contributed by atoms with Crippen LogP contribution in [-0.2, 0) is 18.4 Å². The first kappa shape index (κ1) is 15.5. The van der Waals surface area contributed by atoms with Crippen LogP contribution >= 0.6 is 0 Å². The lowest BCUT2D eigenvalue weighted by atomic mass is 10.1. The van der Waals surface area contributed by atoms with Gasteiger partial charge in [0.15, 0.2) is 5.75 Å². The highest BCUT2D eigenvalue weighted by Gasteiger charge is 2.31. The Hall–Kier alpha value is -2.35. The van der Waals surface area contributed by atoms with E-state index in [1.165, 1.54) is 6.26 Å². The van der Waals surface area contributed by atoms with Crippen molar-refractivity contribution in [2.75, 3.05) is 7.11 Å². The third-order valence-electron chi connectivity index (χ3n) is 3.91. The molecule has 1 saturated carbocycles. The van der Waals surface area contributed by atoms with Crippen molar-refractivity contribution in [1.82, 2.24) is 20.3 Å². The summed E-state index contributed by atoms with van der Waals surface area (Å²) in [6.45, 7) is 0.236. The summed E-state index contributed by atoms with van der Waals surface area (Å²) in [5.41, 5.74) is 0.895. The molecule has 1 aliphatic carbocycles. The van der Waals surface area contributed by atoms with Crippen molar-refractivity contribution in [2.45, 2.75) is 38.0 Å². The molecule has 1 amide bonds. The van der Waals surface area contributed by atoms with Gasteiger partial charge in [-0.2, -0.15) is 5.10 Å². The molecule has 0 radical (unpaired) electrons. The van der Waals surface area contributed by atoms with Crippen molar-refractivity contribution in [1.29, 1.82) is 0 Å². The predicted octanol–water partition coefficient (Wildman–Crippen LogP) is 1.28. The molecule has 8 nitrogen and oxygen atoms in total. The van der Waals surface area contributed by atoms with Gasteiger partial charge in [0, 0.05) is 14.2 Å². The quantitative estimate of drug-likeness (QED) is 0.862. The van der Waals surface area contributed by atoms with Gasteiger partial charge in [0.25, 0.3) is 5.91 Å². The first-order valence-corrected chi connectivity index (χ1v) is 7.55. The van der Waals surface area contributed by atoms with Crippen molar-refractivity contribution in [2.24, 2.45) is 7.05 Å². The minimum absolute atomic E-state index is 0.0481. The molecule has 23 heavy (non-hydrogen) atoms. The number of amides is 1. The largest absolute Gasteiger partial charge is 0.485 e. The molecule has 0 saturated heterocycles. The molecule has 1 N–H and O–H groups in total. The van der Waals surface area contributed by atoms with Gasteiger partial charge in [0.05, 0.1) is 25.0 Å². The summed E-state index contributed by atoms with van der Waals surface area (Å²) < 4.78 is 17.5. The number of hydrogen-bond acceptors (Lipinski definition) is 6. The molecule has 0 aromatic carbocycles. The summed E-state index contributed by atoms with van der Waals surface area (Å²) in [4.78, 5) is 12.4. The van der Waals surface area contributed by atoms with Crippen LogP contribution in [0.5, 0.6) is 5.75 Å². The van der Waals surface area contributed by atoms with Crippen LogP contribution in [0.25, 0.3) is 0 Å². The Labute approximate surface area is 133 Å². The van der Waals surface area contributed by atoms with E-state index in [1.807, 2.05) is 13.2 Å². The third kappa shape index (κ3) is 3.53. The van der Waals surface area contributed by atoms with Gasteiger partial charge >= 0.3 is 0 Å². The topological polar surface area (TPSA) is 91.4 Å². The number of nitrogens with one attached hydrogen (secondary N) is 1. The van der Waals surface area contributed by atoms with Crippen LogP contribution in [0.15, 0.2) is 23.2 Å². The summed E-state index contributed by atoms with van der Waals surface area (Å²) in [6.07, 6.45) is 7.55. The minimum atomic E-state index is -0.218. The highest BCUT2D eigenvalue weighted by atomic mass is 16.5. The van der Waals surface area contributed by atoms with Gasteiger partial charge in [-0.25, -0.2) is 0 Å². The van der Waals surface area contributed by atoms with E-state index in [0.29, 0.717) is 17.0 Å². The van der Waals surface area contributed by atoms with Gasteiger partial charge in [-0.1, -0.05) is 5.16 Å². The molecule has 1 fully saturated rings. The Bertz CT molecular complexity index is 666. The number of carbonyl (C=O) groups excluding carboxylic acids is 1. The van der Waals surface area contributed by atoms with Crippen molar-refractivity contribution >= 4 is 5.91 Å². The predicted molar refractivity (Wildman–Crippen MR) is 79.9 cm³/mol. The molecule has 8 heteroatoms. The SMILES string of the molecule is COCc1nocc1C(=O)N[C@H]1CCC[C@H]1Oc1cnn(C)c1. The van der Waals surface area contributed by atoms with E-state index >= 15 is 0 Å². The summed E-state index contributed by atoms with van der Waals surface area (Å²) in [5, 5.41) is 10.9. The number of aryl methyl sites for hydroxylation is 1. The number of aromatic nitrogens is 3. The van der Waals surface area contributed by atoms with Crippen LogP contribution < -0.4 is 10.1 Å². The third-order valence-corrected chi connectivity index (χ3v) is 3.91. The fourth-order valence-corrected chi connectivity index (χ4v) is 2.80. The Kier molecular flexibility index (Phi) is 4.61. The molecule has 2 heterocycles. The number of nitrogens with zero attached hydrogens (tertiary/aromatic N) is 3. The van der Waals surface area contributed by atoms with E-state index in [2.05, 4.69) is 15.6 Å². The average Bonchev–Trinajstić information content (AvgIpc) is 3.23. The maximum absolute atomic E-state index is 12.4. The Morgan fingerprint density at radius 2 is 2.39 bits per heavy atom. The first-order valence-electron chi connectivity index (χ1n) is 7.55. The van der Waals surface area contributed by atoms with Gasteiger partial charge in [-0.15, -0.1) is 0 Å². The molecule has 2 atom stereocenters. The maximum atomic E-state index is 12.4. The summed E-state index contributed by atoms with van der Waals surface area (Å²) >= 11 is 0. The maximum Gasteiger partial charge on any atom is 0.256 e. The Morgan fingerprint density at radius 3 is 3.13 bits per heavy atom. The van der Waals surface area contributed by atoms with Crippen molar-refractivity contribution in [3.05, 3.63) is 29.9 Å². The standard InChI is InChI=1S/C15H20N4O4/c1-19-7-10(6-16-19)23-14-5-3-4-12(14)17-15(20)11-8-22-18-13(11)9-21-2/h6-8,12,14H,3-5,9H2,1-2H3,(H,17,20)/t12-,14+/m0/s1. The van der Waals surface area contributed by atoms with Gasteiger partial charge in [-0.05, 0) is 19.3 Å². The van der Waals surface area contributed by atoms with E-state index in [9.17, 15) is 4.79 Å². The van der Waals surface area contributed by atoms with Gasteiger partial charge in [0.1, 0.15) is 23.6 Å². The zero-order valence-corrected chi connectivity index (χ0v) is 13.2. The molecule has 2 aromatic rings. The zero-order valence-electron chi connectivity index (χ0n) is 13.2. The minimum Gasteiger partial charge on any atom is -0.485 e. The number of rotatable bonds is 6. The highest BCUT2D eigenvalue weighted by molar-refractivity contribution is 5.95. The molecular weight excluding hydrogens is 300 g/mol. The van der Waals surface area contributed by atoms with Crippen LogP contribution in [0, 0.1) is 0 Å². The van der Waals surface area contributed by atoms with Crippen LogP contribution in [0.1, 0.15) is 35.3 Å². The van der Waals surface area contributed by atoms with E-state index < -0.39 is 0 Å². The smallest absolute Gasteiger partial charge is 0.256 e. The summed E-state index contributed by atoms with van der Waals surface area (Å²) in [6, 6.07) is -0.0481. The lowest BCUT2D eigenvalue weighted by Crippen LogP contribution is -2.42. The van der Waals surface area contributed by atoms with Crippen molar-refractivity contribution < 1.29 is 18.8 Å².